The Hall–Kier alpha value is -2.32. The maximum atomic E-state index is 6.08. The third-order valence-corrected chi connectivity index (χ3v) is 4.38. The summed E-state index contributed by atoms with van der Waals surface area (Å²) in [6, 6.07) is 25.3. The summed E-state index contributed by atoms with van der Waals surface area (Å²) >= 11 is 0. The van der Waals surface area contributed by atoms with E-state index in [1.807, 2.05) is 6.07 Å². The number of anilines is 1. The molecule has 0 amide bonds. The number of nitrogens with two attached hydrogens (primary N) is 1. The van der Waals surface area contributed by atoms with Gasteiger partial charge in [0.05, 0.1) is 0 Å². The molecule has 22 heavy (non-hydrogen) atoms. The lowest BCUT2D eigenvalue weighted by atomic mass is 9.82. The van der Waals surface area contributed by atoms with E-state index in [4.69, 9.17) is 5.73 Å². The lowest BCUT2D eigenvalue weighted by molar-refractivity contribution is 0.512. The summed E-state index contributed by atoms with van der Waals surface area (Å²) < 4.78 is 0. The van der Waals surface area contributed by atoms with Crippen molar-refractivity contribution < 1.29 is 0 Å². The van der Waals surface area contributed by atoms with Crippen molar-refractivity contribution >= 4 is 16.5 Å². The van der Waals surface area contributed by atoms with Crippen molar-refractivity contribution in [2.75, 3.05) is 18.4 Å². The highest BCUT2D eigenvalue weighted by Gasteiger charge is 2.24. The molecule has 0 aliphatic rings. The molecule has 1 unspecified atom stereocenters. The quantitative estimate of drug-likeness (QED) is 0.740. The standard InChI is InChI=1S/C20H22N2/c1-20(14-21,17-10-3-2-4-11-17)15-22-19-13-7-9-16-8-5-6-12-18(16)19/h2-13,22H,14-15,21H2,1H3. The van der Waals surface area contributed by atoms with Crippen molar-refractivity contribution in [3.8, 4) is 0 Å². The fraction of sp³-hybridized carbons (Fsp3) is 0.200. The summed E-state index contributed by atoms with van der Waals surface area (Å²) in [6.45, 7) is 3.62. The van der Waals surface area contributed by atoms with Gasteiger partial charge in [-0.15, -0.1) is 0 Å². The second-order valence-corrected chi connectivity index (χ2v) is 6.01. The van der Waals surface area contributed by atoms with E-state index in [9.17, 15) is 0 Å². The van der Waals surface area contributed by atoms with E-state index in [0.717, 1.165) is 12.2 Å². The molecule has 3 aromatic rings. The topological polar surface area (TPSA) is 38.0 Å². The van der Waals surface area contributed by atoms with Crippen LogP contribution in [-0.2, 0) is 5.41 Å². The number of hydrogen-bond donors (Lipinski definition) is 2. The SMILES string of the molecule is CC(CN)(CNc1cccc2ccccc12)c1ccccc1. The van der Waals surface area contributed by atoms with Gasteiger partial charge in [0.2, 0.25) is 0 Å². The molecule has 0 bridgehead atoms. The Morgan fingerprint density at radius 1 is 0.864 bits per heavy atom. The van der Waals surface area contributed by atoms with Crippen molar-refractivity contribution in [1.82, 2.24) is 0 Å². The fourth-order valence-electron chi connectivity index (χ4n) is 2.80. The van der Waals surface area contributed by atoms with Gasteiger partial charge in [-0.05, 0) is 17.0 Å². The zero-order valence-corrected chi connectivity index (χ0v) is 12.9. The van der Waals surface area contributed by atoms with Crippen LogP contribution in [0.25, 0.3) is 10.8 Å². The van der Waals surface area contributed by atoms with Crippen LogP contribution >= 0.6 is 0 Å². The first-order chi connectivity index (χ1) is 10.7. The normalized spacial score (nSPS) is 13.7. The summed E-state index contributed by atoms with van der Waals surface area (Å²) in [6.07, 6.45) is 0. The van der Waals surface area contributed by atoms with Gasteiger partial charge in [-0.2, -0.15) is 0 Å². The van der Waals surface area contributed by atoms with Crippen LogP contribution in [0.4, 0.5) is 5.69 Å². The first kappa shape index (κ1) is 14.6. The van der Waals surface area contributed by atoms with E-state index in [2.05, 4.69) is 79.0 Å². The molecule has 1 atom stereocenters. The lowest BCUT2D eigenvalue weighted by Crippen LogP contribution is -2.38. The highest BCUT2D eigenvalue weighted by Crippen LogP contribution is 2.27. The van der Waals surface area contributed by atoms with Crippen LogP contribution in [0.3, 0.4) is 0 Å². The maximum absolute atomic E-state index is 6.08. The second kappa shape index (κ2) is 6.20. The molecule has 0 radical (unpaired) electrons. The van der Waals surface area contributed by atoms with Crippen LogP contribution in [0, 0.1) is 0 Å². The van der Waals surface area contributed by atoms with Gasteiger partial charge in [0, 0.05) is 29.6 Å². The largest absolute Gasteiger partial charge is 0.384 e. The summed E-state index contributed by atoms with van der Waals surface area (Å²) in [5.74, 6) is 0. The Kier molecular flexibility index (Phi) is 4.12. The Bertz CT molecular complexity index is 747. The van der Waals surface area contributed by atoms with E-state index in [-0.39, 0.29) is 5.41 Å². The van der Waals surface area contributed by atoms with Gasteiger partial charge in [-0.25, -0.2) is 0 Å². The minimum Gasteiger partial charge on any atom is -0.384 e. The predicted molar refractivity (Wildman–Crippen MR) is 95.3 cm³/mol. The van der Waals surface area contributed by atoms with Crippen LogP contribution in [0.15, 0.2) is 72.8 Å². The third-order valence-electron chi connectivity index (χ3n) is 4.38. The highest BCUT2D eigenvalue weighted by atomic mass is 14.9. The minimum atomic E-state index is -0.0851. The van der Waals surface area contributed by atoms with Gasteiger partial charge in [0.1, 0.15) is 0 Å². The molecule has 0 fully saturated rings. The molecule has 2 heteroatoms. The molecule has 0 heterocycles. The molecule has 0 aliphatic carbocycles. The Morgan fingerprint density at radius 2 is 1.55 bits per heavy atom. The zero-order chi connectivity index (χ0) is 15.4. The molecule has 0 aliphatic heterocycles. The van der Waals surface area contributed by atoms with Crippen molar-refractivity contribution in [3.05, 3.63) is 78.4 Å². The molecule has 0 aromatic heterocycles. The molecule has 3 N–H and O–H groups in total. The van der Waals surface area contributed by atoms with E-state index >= 15 is 0 Å². The molecule has 2 nitrogen and oxygen atoms in total. The second-order valence-electron chi connectivity index (χ2n) is 6.01. The van der Waals surface area contributed by atoms with Gasteiger partial charge in [0.25, 0.3) is 0 Å². The number of benzene rings is 3. The smallest absolute Gasteiger partial charge is 0.0420 e. The van der Waals surface area contributed by atoms with Gasteiger partial charge >= 0.3 is 0 Å². The summed E-state index contributed by atoms with van der Waals surface area (Å²) in [7, 11) is 0. The molecule has 0 saturated carbocycles. The fourth-order valence-corrected chi connectivity index (χ4v) is 2.80. The number of hydrogen-bond acceptors (Lipinski definition) is 2. The molecule has 0 spiro atoms. The molecule has 3 rings (SSSR count). The first-order valence-electron chi connectivity index (χ1n) is 7.70. The number of fused-ring (bicyclic) bond motifs is 1. The van der Waals surface area contributed by atoms with E-state index in [0.29, 0.717) is 6.54 Å². The maximum Gasteiger partial charge on any atom is 0.0420 e. The van der Waals surface area contributed by atoms with Crippen molar-refractivity contribution in [3.63, 3.8) is 0 Å². The van der Waals surface area contributed by atoms with Crippen LogP contribution in [-0.4, -0.2) is 13.1 Å². The molecular formula is C20H22N2. The number of nitrogens with one attached hydrogen (secondary N) is 1. The van der Waals surface area contributed by atoms with E-state index < -0.39 is 0 Å². The summed E-state index contributed by atoms with van der Waals surface area (Å²) in [4.78, 5) is 0. The van der Waals surface area contributed by atoms with Crippen LogP contribution in [0.1, 0.15) is 12.5 Å². The Morgan fingerprint density at radius 3 is 2.32 bits per heavy atom. The van der Waals surface area contributed by atoms with Crippen LogP contribution in [0.5, 0.6) is 0 Å². The highest BCUT2D eigenvalue weighted by molar-refractivity contribution is 5.93. The average Bonchev–Trinajstić information content (AvgIpc) is 2.60. The minimum absolute atomic E-state index is 0.0851. The molecular weight excluding hydrogens is 268 g/mol. The first-order valence-corrected chi connectivity index (χ1v) is 7.70. The van der Waals surface area contributed by atoms with Crippen LogP contribution in [0.2, 0.25) is 0 Å². The van der Waals surface area contributed by atoms with E-state index in [1.165, 1.54) is 16.3 Å². The van der Waals surface area contributed by atoms with Crippen molar-refractivity contribution in [2.24, 2.45) is 5.73 Å². The molecule has 0 saturated heterocycles. The Balaban J connectivity index is 1.86. The predicted octanol–water partition coefficient (Wildman–Crippen LogP) is 4.17. The monoisotopic (exact) mass is 290 g/mol. The van der Waals surface area contributed by atoms with Gasteiger partial charge in [0.15, 0.2) is 0 Å². The van der Waals surface area contributed by atoms with Crippen molar-refractivity contribution in [1.29, 1.82) is 0 Å². The zero-order valence-electron chi connectivity index (χ0n) is 12.9. The van der Waals surface area contributed by atoms with Crippen LogP contribution < -0.4 is 11.1 Å². The average molecular weight is 290 g/mol. The van der Waals surface area contributed by atoms with Gasteiger partial charge in [-0.3, -0.25) is 0 Å². The third kappa shape index (κ3) is 2.83. The Labute approximate surface area is 132 Å². The van der Waals surface area contributed by atoms with Crippen molar-refractivity contribution in [2.45, 2.75) is 12.3 Å². The van der Waals surface area contributed by atoms with Gasteiger partial charge < -0.3 is 11.1 Å². The lowest BCUT2D eigenvalue weighted by Gasteiger charge is -2.29. The molecule has 3 aromatic carbocycles. The number of rotatable bonds is 5. The van der Waals surface area contributed by atoms with E-state index in [1.54, 1.807) is 0 Å². The van der Waals surface area contributed by atoms with Gasteiger partial charge in [-0.1, -0.05) is 73.7 Å². The summed E-state index contributed by atoms with van der Waals surface area (Å²) in [5.41, 5.74) is 8.42. The summed E-state index contributed by atoms with van der Waals surface area (Å²) in [5, 5.41) is 6.10. The molecule has 112 valence electrons.